The molecule has 3 unspecified atom stereocenters. The van der Waals surface area contributed by atoms with E-state index in [2.05, 4.69) is 19.2 Å². The van der Waals surface area contributed by atoms with Crippen LogP contribution in [0, 0.1) is 23.7 Å². The molecule has 2 rings (SSSR count). The molecule has 2 saturated carbocycles. The molecule has 2 aliphatic carbocycles. The number of hydrogen-bond acceptors (Lipinski definition) is 1. The molecule has 19 heavy (non-hydrogen) atoms. The Morgan fingerprint density at radius 1 is 0.947 bits per heavy atom. The molecule has 1 heteroatoms. The van der Waals surface area contributed by atoms with Crippen LogP contribution in [0.15, 0.2) is 0 Å². The summed E-state index contributed by atoms with van der Waals surface area (Å²) in [4.78, 5) is 0. The van der Waals surface area contributed by atoms with E-state index in [0.717, 1.165) is 23.7 Å². The molecular formula is C18H35N. The van der Waals surface area contributed by atoms with Gasteiger partial charge in [0.05, 0.1) is 0 Å². The Hall–Kier alpha value is -0.0400. The molecule has 0 aromatic rings. The summed E-state index contributed by atoms with van der Waals surface area (Å²) >= 11 is 0. The van der Waals surface area contributed by atoms with Crippen LogP contribution >= 0.6 is 0 Å². The van der Waals surface area contributed by atoms with Crippen molar-refractivity contribution in [1.29, 1.82) is 0 Å². The van der Waals surface area contributed by atoms with E-state index >= 15 is 0 Å². The van der Waals surface area contributed by atoms with Crippen LogP contribution in [-0.4, -0.2) is 13.1 Å². The minimum absolute atomic E-state index is 0.978. The highest BCUT2D eigenvalue weighted by molar-refractivity contribution is 4.85. The van der Waals surface area contributed by atoms with E-state index in [0.29, 0.717) is 0 Å². The number of hydrogen-bond donors (Lipinski definition) is 1. The molecule has 0 spiro atoms. The molecule has 0 radical (unpaired) electrons. The summed E-state index contributed by atoms with van der Waals surface area (Å²) in [6, 6.07) is 0. The van der Waals surface area contributed by atoms with Gasteiger partial charge in [-0.3, -0.25) is 0 Å². The van der Waals surface area contributed by atoms with Crippen LogP contribution < -0.4 is 5.32 Å². The van der Waals surface area contributed by atoms with E-state index in [1.165, 1.54) is 77.3 Å². The number of nitrogens with one attached hydrogen (secondary N) is 1. The molecule has 1 nitrogen and oxygen atoms in total. The Labute approximate surface area is 120 Å². The summed E-state index contributed by atoms with van der Waals surface area (Å²) in [5.74, 6) is 4.05. The highest BCUT2D eigenvalue weighted by atomic mass is 14.9. The van der Waals surface area contributed by atoms with Gasteiger partial charge in [-0.05, 0) is 56.0 Å². The van der Waals surface area contributed by atoms with Crippen LogP contribution in [0.1, 0.15) is 78.1 Å². The second-order valence-corrected chi connectivity index (χ2v) is 7.30. The van der Waals surface area contributed by atoms with Crippen molar-refractivity contribution in [3.05, 3.63) is 0 Å². The molecular weight excluding hydrogens is 230 g/mol. The molecule has 0 heterocycles. The van der Waals surface area contributed by atoms with Crippen molar-refractivity contribution in [3.8, 4) is 0 Å². The molecule has 2 fully saturated rings. The topological polar surface area (TPSA) is 12.0 Å². The minimum Gasteiger partial charge on any atom is -0.316 e. The van der Waals surface area contributed by atoms with E-state index < -0.39 is 0 Å². The molecule has 0 bridgehead atoms. The standard InChI is InChI=1S/C18H35N/c1-3-12-19-14-17-11-10-15(2)13-18(17)16-8-6-4-5-7-9-16/h15-19H,3-14H2,1-2H3. The zero-order valence-corrected chi connectivity index (χ0v) is 13.3. The third-order valence-electron chi connectivity index (χ3n) is 5.65. The van der Waals surface area contributed by atoms with Gasteiger partial charge < -0.3 is 5.32 Å². The molecule has 1 N–H and O–H groups in total. The fourth-order valence-corrected chi connectivity index (χ4v) is 4.52. The third-order valence-corrected chi connectivity index (χ3v) is 5.65. The van der Waals surface area contributed by atoms with Crippen molar-refractivity contribution in [2.24, 2.45) is 23.7 Å². The van der Waals surface area contributed by atoms with Gasteiger partial charge in [0.25, 0.3) is 0 Å². The van der Waals surface area contributed by atoms with Gasteiger partial charge in [-0.1, -0.05) is 58.8 Å². The van der Waals surface area contributed by atoms with E-state index in [4.69, 9.17) is 0 Å². The average Bonchev–Trinajstić information content (AvgIpc) is 2.69. The summed E-state index contributed by atoms with van der Waals surface area (Å²) < 4.78 is 0. The van der Waals surface area contributed by atoms with Crippen molar-refractivity contribution < 1.29 is 0 Å². The van der Waals surface area contributed by atoms with Gasteiger partial charge in [0.15, 0.2) is 0 Å². The first-order chi connectivity index (χ1) is 9.31. The zero-order chi connectivity index (χ0) is 13.5. The van der Waals surface area contributed by atoms with Crippen molar-refractivity contribution in [2.45, 2.75) is 78.1 Å². The van der Waals surface area contributed by atoms with Crippen molar-refractivity contribution in [1.82, 2.24) is 5.32 Å². The van der Waals surface area contributed by atoms with Gasteiger partial charge >= 0.3 is 0 Å². The fourth-order valence-electron chi connectivity index (χ4n) is 4.52. The van der Waals surface area contributed by atoms with Crippen LogP contribution in [-0.2, 0) is 0 Å². The first-order valence-corrected chi connectivity index (χ1v) is 9.02. The Morgan fingerprint density at radius 2 is 1.68 bits per heavy atom. The summed E-state index contributed by atoms with van der Waals surface area (Å²) in [5.41, 5.74) is 0. The van der Waals surface area contributed by atoms with Crippen molar-refractivity contribution >= 4 is 0 Å². The van der Waals surface area contributed by atoms with Crippen molar-refractivity contribution in [2.75, 3.05) is 13.1 Å². The van der Waals surface area contributed by atoms with Gasteiger partial charge in [-0.15, -0.1) is 0 Å². The predicted octanol–water partition coefficient (Wildman–Crippen LogP) is 5.01. The summed E-state index contributed by atoms with van der Waals surface area (Å²) in [5, 5.41) is 3.70. The van der Waals surface area contributed by atoms with Gasteiger partial charge in [-0.2, -0.15) is 0 Å². The maximum atomic E-state index is 3.70. The zero-order valence-electron chi connectivity index (χ0n) is 13.3. The van der Waals surface area contributed by atoms with Crippen LogP contribution in [0.25, 0.3) is 0 Å². The highest BCUT2D eigenvalue weighted by Crippen LogP contribution is 2.42. The molecule has 0 amide bonds. The van der Waals surface area contributed by atoms with E-state index in [1.54, 1.807) is 0 Å². The van der Waals surface area contributed by atoms with Crippen LogP contribution in [0.3, 0.4) is 0 Å². The molecule has 0 aliphatic heterocycles. The first-order valence-electron chi connectivity index (χ1n) is 9.02. The SMILES string of the molecule is CCCNCC1CCC(C)CC1C1CCCCCC1. The predicted molar refractivity (Wildman–Crippen MR) is 84.3 cm³/mol. The average molecular weight is 265 g/mol. The van der Waals surface area contributed by atoms with Crippen LogP contribution in [0.4, 0.5) is 0 Å². The lowest BCUT2D eigenvalue weighted by Gasteiger charge is -2.40. The Balaban J connectivity index is 1.90. The summed E-state index contributed by atoms with van der Waals surface area (Å²) in [7, 11) is 0. The van der Waals surface area contributed by atoms with Gasteiger partial charge in [0.1, 0.15) is 0 Å². The molecule has 0 aromatic carbocycles. The lowest BCUT2D eigenvalue weighted by Crippen LogP contribution is -2.36. The minimum atomic E-state index is 0.978. The molecule has 3 atom stereocenters. The lowest BCUT2D eigenvalue weighted by atomic mass is 9.67. The van der Waals surface area contributed by atoms with E-state index in [-0.39, 0.29) is 0 Å². The number of rotatable bonds is 5. The lowest BCUT2D eigenvalue weighted by molar-refractivity contribution is 0.114. The highest BCUT2D eigenvalue weighted by Gasteiger charge is 2.33. The molecule has 0 aromatic heterocycles. The van der Waals surface area contributed by atoms with Gasteiger partial charge in [-0.25, -0.2) is 0 Å². The molecule has 0 saturated heterocycles. The van der Waals surface area contributed by atoms with Gasteiger partial charge in [0, 0.05) is 0 Å². The van der Waals surface area contributed by atoms with Crippen LogP contribution in [0.5, 0.6) is 0 Å². The van der Waals surface area contributed by atoms with Crippen LogP contribution in [0.2, 0.25) is 0 Å². The Kier molecular flexibility index (Phi) is 6.70. The monoisotopic (exact) mass is 265 g/mol. The second kappa shape index (κ2) is 8.29. The summed E-state index contributed by atoms with van der Waals surface area (Å²) in [6.45, 7) is 7.27. The smallest absolute Gasteiger partial charge is 0.00178 e. The quantitative estimate of drug-likeness (QED) is 0.544. The summed E-state index contributed by atoms with van der Waals surface area (Å²) in [6.07, 6.45) is 14.8. The van der Waals surface area contributed by atoms with E-state index in [9.17, 15) is 0 Å². The Morgan fingerprint density at radius 3 is 2.37 bits per heavy atom. The Bertz CT molecular complexity index is 230. The fraction of sp³-hybridized carbons (Fsp3) is 1.00. The third kappa shape index (κ3) is 4.77. The van der Waals surface area contributed by atoms with Gasteiger partial charge in [0.2, 0.25) is 0 Å². The maximum absolute atomic E-state index is 3.70. The second-order valence-electron chi connectivity index (χ2n) is 7.30. The van der Waals surface area contributed by atoms with E-state index in [1.807, 2.05) is 0 Å². The molecule has 2 aliphatic rings. The normalized spacial score (nSPS) is 34.1. The van der Waals surface area contributed by atoms with Crippen molar-refractivity contribution in [3.63, 3.8) is 0 Å². The molecule has 112 valence electrons. The first kappa shape index (κ1) is 15.4. The largest absolute Gasteiger partial charge is 0.316 e. The maximum Gasteiger partial charge on any atom is -0.00178 e.